The predicted molar refractivity (Wildman–Crippen MR) is 80.8 cm³/mol. The molecule has 0 saturated carbocycles. The van der Waals surface area contributed by atoms with Gasteiger partial charge >= 0.3 is 0 Å². The van der Waals surface area contributed by atoms with Crippen LogP contribution in [-0.2, 0) is 20.4 Å². The van der Waals surface area contributed by atoms with Crippen molar-refractivity contribution in [3.63, 3.8) is 0 Å². The molecule has 20 heavy (non-hydrogen) atoms. The van der Waals surface area contributed by atoms with Crippen molar-refractivity contribution in [2.75, 3.05) is 24.6 Å². The van der Waals surface area contributed by atoms with E-state index in [1.165, 1.54) is 12.2 Å². The van der Waals surface area contributed by atoms with Crippen LogP contribution in [0.2, 0.25) is 0 Å². The van der Waals surface area contributed by atoms with E-state index >= 15 is 0 Å². The van der Waals surface area contributed by atoms with Crippen molar-refractivity contribution in [3.8, 4) is 0 Å². The van der Waals surface area contributed by atoms with Crippen LogP contribution in [0.4, 0.5) is 0 Å². The van der Waals surface area contributed by atoms with Crippen molar-refractivity contribution in [2.24, 2.45) is 9.98 Å². The van der Waals surface area contributed by atoms with Crippen LogP contribution in [0.5, 0.6) is 0 Å². The summed E-state index contributed by atoms with van der Waals surface area (Å²) in [5.74, 6) is 1.54. The third-order valence-electron chi connectivity index (χ3n) is 2.91. The second-order valence-electron chi connectivity index (χ2n) is 4.62. The Labute approximate surface area is 123 Å². The normalized spacial score (nSPS) is 11.4. The predicted octanol–water partition coefficient (Wildman–Crippen LogP) is 2.53. The molecule has 5 nitrogen and oxygen atoms in total. The molecule has 0 aliphatic heterocycles. The van der Waals surface area contributed by atoms with Crippen molar-refractivity contribution in [1.82, 2.24) is 0 Å². The lowest BCUT2D eigenvalue weighted by atomic mass is 10.2. The van der Waals surface area contributed by atoms with Gasteiger partial charge in [-0.25, -0.2) is 19.6 Å². The molecule has 0 amide bonds. The molecule has 0 bridgehead atoms. The van der Waals surface area contributed by atoms with Crippen LogP contribution in [0.3, 0.4) is 0 Å². The molecule has 0 aromatic heterocycles. The second-order valence-corrected chi connectivity index (χ2v) is 6.32. The molecule has 0 heterocycles. The van der Waals surface area contributed by atoms with Gasteiger partial charge in [-0.2, -0.15) is 0 Å². The Balaban J connectivity index is 3.24. The minimum absolute atomic E-state index is 0.556. The van der Waals surface area contributed by atoms with Crippen LogP contribution in [-0.4, -0.2) is 41.0 Å². The fourth-order valence-corrected chi connectivity index (χ4v) is 3.06. The molecule has 0 radical (unpaired) electrons. The van der Waals surface area contributed by atoms with Crippen LogP contribution in [0.15, 0.2) is 9.98 Å². The number of nitrogens with zero attached hydrogens (tertiary/aromatic N) is 2. The summed E-state index contributed by atoms with van der Waals surface area (Å²) in [5.41, 5.74) is 0. The zero-order valence-corrected chi connectivity index (χ0v) is 12.8. The molecule has 0 aliphatic carbocycles. The molecule has 0 atom stereocenters. The molecule has 0 aliphatic rings. The summed E-state index contributed by atoms with van der Waals surface area (Å²) in [6.07, 6.45) is 11.0. The summed E-state index contributed by atoms with van der Waals surface area (Å²) in [6.45, 7) is 1.11. The maximum absolute atomic E-state index is 11.7. The molecule has 0 N–H and O–H groups in total. The molecule has 0 spiro atoms. The molecule has 0 aromatic carbocycles. The average Bonchev–Trinajstić information content (AvgIpc) is 2.45. The first-order valence-electron chi connectivity index (χ1n) is 7.23. The first kappa shape index (κ1) is 18.9. The van der Waals surface area contributed by atoms with Gasteiger partial charge in [-0.3, -0.25) is 4.21 Å². The quantitative estimate of drug-likeness (QED) is 0.281. The highest BCUT2D eigenvalue weighted by atomic mass is 32.2. The van der Waals surface area contributed by atoms with Gasteiger partial charge in [-0.1, -0.05) is 25.7 Å². The van der Waals surface area contributed by atoms with Crippen LogP contribution in [0, 0.1) is 0 Å². The van der Waals surface area contributed by atoms with Gasteiger partial charge in [-0.15, -0.1) is 0 Å². The summed E-state index contributed by atoms with van der Waals surface area (Å²) in [5, 5.41) is 0. The number of hydrogen-bond acceptors (Lipinski definition) is 5. The van der Waals surface area contributed by atoms with E-state index in [0.29, 0.717) is 13.1 Å². The third-order valence-corrected chi connectivity index (χ3v) is 4.40. The summed E-state index contributed by atoms with van der Waals surface area (Å²) in [6, 6.07) is 0. The summed E-state index contributed by atoms with van der Waals surface area (Å²) < 4.78 is 11.7. The topological polar surface area (TPSA) is 75.9 Å². The van der Waals surface area contributed by atoms with Gasteiger partial charge < -0.3 is 0 Å². The van der Waals surface area contributed by atoms with Crippen LogP contribution < -0.4 is 0 Å². The van der Waals surface area contributed by atoms with E-state index in [0.717, 1.165) is 62.9 Å². The van der Waals surface area contributed by atoms with Gasteiger partial charge in [-0.05, 0) is 25.7 Å². The standard InChI is InChI=1S/C14H24N2O3S/c17-13-15-9-5-1-3-7-11-20(19)12-8-4-2-6-10-16-14-18/h1-12H2. The van der Waals surface area contributed by atoms with E-state index in [1.807, 2.05) is 0 Å². The van der Waals surface area contributed by atoms with Crippen LogP contribution >= 0.6 is 0 Å². The zero-order chi connectivity index (χ0) is 14.9. The monoisotopic (exact) mass is 300 g/mol. The highest BCUT2D eigenvalue weighted by molar-refractivity contribution is 7.84. The lowest BCUT2D eigenvalue weighted by molar-refractivity contribution is 0.560. The van der Waals surface area contributed by atoms with E-state index < -0.39 is 10.8 Å². The molecular weight excluding hydrogens is 276 g/mol. The largest absolute Gasteiger partial charge is 0.260 e. The number of rotatable bonds is 14. The SMILES string of the molecule is O=C=NCCCCCCS(=O)CCCCCCN=C=O. The van der Waals surface area contributed by atoms with Crippen molar-refractivity contribution in [1.29, 1.82) is 0 Å². The minimum Gasteiger partial charge on any atom is -0.260 e. The first-order valence-corrected chi connectivity index (χ1v) is 8.72. The van der Waals surface area contributed by atoms with E-state index in [9.17, 15) is 13.8 Å². The van der Waals surface area contributed by atoms with Gasteiger partial charge in [0.1, 0.15) is 0 Å². The molecule has 0 aromatic rings. The van der Waals surface area contributed by atoms with E-state index in [2.05, 4.69) is 9.98 Å². The van der Waals surface area contributed by atoms with E-state index in [1.54, 1.807) is 0 Å². The Hall–Kier alpha value is -1.09. The maximum Gasteiger partial charge on any atom is 0.234 e. The average molecular weight is 300 g/mol. The highest BCUT2D eigenvalue weighted by Crippen LogP contribution is 2.05. The minimum atomic E-state index is -0.709. The summed E-state index contributed by atoms with van der Waals surface area (Å²) in [4.78, 5) is 26.6. The van der Waals surface area contributed by atoms with Crippen molar-refractivity contribution in [3.05, 3.63) is 0 Å². The van der Waals surface area contributed by atoms with Crippen molar-refractivity contribution >= 4 is 23.0 Å². The van der Waals surface area contributed by atoms with Crippen molar-refractivity contribution < 1.29 is 13.8 Å². The van der Waals surface area contributed by atoms with Crippen molar-refractivity contribution in [2.45, 2.75) is 51.4 Å². The van der Waals surface area contributed by atoms with Gasteiger partial charge in [0.05, 0.1) is 13.1 Å². The smallest absolute Gasteiger partial charge is 0.234 e. The van der Waals surface area contributed by atoms with E-state index in [4.69, 9.17) is 0 Å². The summed E-state index contributed by atoms with van der Waals surface area (Å²) >= 11 is 0. The number of hydrogen-bond donors (Lipinski definition) is 0. The Morgan fingerprint density at radius 3 is 1.45 bits per heavy atom. The second kappa shape index (κ2) is 16.0. The van der Waals surface area contributed by atoms with Crippen LogP contribution in [0.1, 0.15) is 51.4 Å². The first-order chi connectivity index (χ1) is 9.81. The lowest BCUT2D eigenvalue weighted by Gasteiger charge is -2.02. The molecule has 0 saturated heterocycles. The van der Waals surface area contributed by atoms with Gasteiger partial charge in [0.2, 0.25) is 12.2 Å². The maximum atomic E-state index is 11.7. The molecule has 0 unspecified atom stereocenters. The number of carbonyl (C=O) groups excluding carboxylic acids is 2. The highest BCUT2D eigenvalue weighted by Gasteiger charge is 2.00. The van der Waals surface area contributed by atoms with Crippen LogP contribution in [0.25, 0.3) is 0 Å². The Kier molecular flexibility index (Phi) is 15.1. The van der Waals surface area contributed by atoms with E-state index in [-0.39, 0.29) is 0 Å². The summed E-state index contributed by atoms with van der Waals surface area (Å²) in [7, 11) is -0.709. The zero-order valence-electron chi connectivity index (χ0n) is 12.0. The van der Waals surface area contributed by atoms with Gasteiger partial charge in [0, 0.05) is 22.3 Å². The number of aliphatic imine (C=N–C) groups is 2. The van der Waals surface area contributed by atoms with Gasteiger partial charge in [0.25, 0.3) is 0 Å². The molecule has 114 valence electrons. The fourth-order valence-electron chi connectivity index (χ4n) is 1.81. The third kappa shape index (κ3) is 15.0. The Morgan fingerprint density at radius 2 is 1.05 bits per heavy atom. The van der Waals surface area contributed by atoms with Gasteiger partial charge in [0.15, 0.2) is 0 Å². The number of isocyanates is 2. The molecular formula is C14H24N2O3S. The number of unbranched alkanes of at least 4 members (excludes halogenated alkanes) is 6. The molecule has 6 heteroatoms. The molecule has 0 rings (SSSR count). The fraction of sp³-hybridized carbons (Fsp3) is 0.857. The Bertz CT molecular complexity index is 316. The Morgan fingerprint density at radius 1 is 0.650 bits per heavy atom. The lowest BCUT2D eigenvalue weighted by Crippen LogP contribution is -2.03. The molecule has 0 fully saturated rings.